The molecule has 0 bridgehead atoms. The number of amidine groups is 1. The highest BCUT2D eigenvalue weighted by Crippen LogP contribution is 2.33. The van der Waals surface area contributed by atoms with E-state index in [0.717, 1.165) is 5.39 Å². The van der Waals surface area contributed by atoms with Crippen molar-refractivity contribution in [3.05, 3.63) is 53.7 Å². The monoisotopic (exact) mass is 308 g/mol. The molecule has 3 rings (SSSR count). The van der Waals surface area contributed by atoms with Crippen LogP contribution in [0.5, 0.6) is 11.5 Å². The van der Waals surface area contributed by atoms with E-state index >= 15 is 0 Å². The molecule has 0 unspecified atom stereocenters. The summed E-state index contributed by atoms with van der Waals surface area (Å²) < 4.78 is 0. The van der Waals surface area contributed by atoms with Crippen molar-refractivity contribution < 1.29 is 10.2 Å². The van der Waals surface area contributed by atoms with Crippen LogP contribution in [0.1, 0.15) is 11.1 Å². The molecule has 1 aromatic heterocycles. The van der Waals surface area contributed by atoms with E-state index < -0.39 is 0 Å². The van der Waals surface area contributed by atoms with Gasteiger partial charge in [-0.15, -0.1) is 0 Å². The Morgan fingerprint density at radius 2 is 1.87 bits per heavy atom. The molecular weight excluding hydrogens is 292 g/mol. The Balaban J connectivity index is 2.10. The van der Waals surface area contributed by atoms with Crippen molar-refractivity contribution in [2.24, 2.45) is 10.7 Å². The highest BCUT2D eigenvalue weighted by Gasteiger charge is 2.08. The van der Waals surface area contributed by atoms with Crippen LogP contribution in [-0.4, -0.2) is 21.0 Å². The number of nitrogens with zero attached hydrogens (tertiary/aromatic N) is 2. The van der Waals surface area contributed by atoms with Crippen LogP contribution in [0, 0.1) is 6.92 Å². The summed E-state index contributed by atoms with van der Waals surface area (Å²) in [6, 6.07) is 9.91. The molecule has 0 saturated heterocycles. The number of nitrogen functional groups attached to an aromatic ring is 1. The van der Waals surface area contributed by atoms with Gasteiger partial charge in [0.2, 0.25) is 0 Å². The topological polar surface area (TPSA) is 118 Å². The van der Waals surface area contributed by atoms with Crippen LogP contribution in [0.2, 0.25) is 0 Å². The Morgan fingerprint density at radius 3 is 2.61 bits per heavy atom. The molecule has 0 aliphatic carbocycles. The third kappa shape index (κ3) is 2.74. The SMILES string of the molecule is Cc1cc(C(N)=Nc2cc3c(N)nccc3cc2O)ccc1O. The number of phenolic OH excluding ortho intramolecular Hbond substituents is 2. The Bertz CT molecular complexity index is 935. The van der Waals surface area contributed by atoms with Crippen LogP contribution in [0.4, 0.5) is 11.5 Å². The third-order valence-electron chi connectivity index (χ3n) is 3.62. The number of aryl methyl sites for hydroxylation is 1. The summed E-state index contributed by atoms with van der Waals surface area (Å²) in [6.07, 6.45) is 1.58. The number of aromatic nitrogens is 1. The fourth-order valence-electron chi connectivity index (χ4n) is 2.32. The second kappa shape index (κ2) is 5.49. The van der Waals surface area contributed by atoms with Crippen molar-refractivity contribution >= 4 is 28.1 Å². The van der Waals surface area contributed by atoms with Gasteiger partial charge in [-0.25, -0.2) is 9.98 Å². The summed E-state index contributed by atoms with van der Waals surface area (Å²) in [5, 5.41) is 21.2. The van der Waals surface area contributed by atoms with Crippen molar-refractivity contribution in [1.82, 2.24) is 4.98 Å². The van der Waals surface area contributed by atoms with Gasteiger partial charge in [-0.2, -0.15) is 0 Å². The number of phenols is 2. The number of aromatic hydroxyl groups is 2. The molecule has 0 saturated carbocycles. The minimum atomic E-state index is 0.00144. The quantitative estimate of drug-likeness (QED) is 0.428. The predicted octanol–water partition coefficient (Wildman–Crippen LogP) is 2.57. The summed E-state index contributed by atoms with van der Waals surface area (Å²) in [5.74, 6) is 0.777. The van der Waals surface area contributed by atoms with E-state index in [-0.39, 0.29) is 17.3 Å². The van der Waals surface area contributed by atoms with Crippen LogP contribution in [0.3, 0.4) is 0 Å². The fourth-order valence-corrected chi connectivity index (χ4v) is 2.32. The Morgan fingerprint density at radius 1 is 1.09 bits per heavy atom. The highest BCUT2D eigenvalue weighted by atomic mass is 16.3. The first kappa shape index (κ1) is 14.6. The highest BCUT2D eigenvalue weighted by molar-refractivity contribution is 6.01. The van der Waals surface area contributed by atoms with Gasteiger partial charge in [-0.05, 0) is 54.3 Å². The minimum Gasteiger partial charge on any atom is -0.508 e. The van der Waals surface area contributed by atoms with Gasteiger partial charge in [-0.1, -0.05) is 0 Å². The normalized spacial score (nSPS) is 11.8. The van der Waals surface area contributed by atoms with Crippen molar-refractivity contribution in [2.45, 2.75) is 6.92 Å². The number of aliphatic imine (C=N–C) groups is 1. The van der Waals surface area contributed by atoms with Crippen molar-refractivity contribution in [3.8, 4) is 11.5 Å². The number of anilines is 1. The molecule has 0 spiro atoms. The molecule has 6 heteroatoms. The summed E-state index contributed by atoms with van der Waals surface area (Å²) in [4.78, 5) is 8.30. The lowest BCUT2D eigenvalue weighted by Gasteiger charge is -2.07. The Hall–Kier alpha value is -3.28. The first-order chi connectivity index (χ1) is 11.0. The largest absolute Gasteiger partial charge is 0.508 e. The number of fused-ring (bicyclic) bond motifs is 1. The van der Waals surface area contributed by atoms with E-state index in [2.05, 4.69) is 9.98 Å². The van der Waals surface area contributed by atoms with Crippen LogP contribution >= 0.6 is 0 Å². The van der Waals surface area contributed by atoms with Gasteiger partial charge in [0.25, 0.3) is 0 Å². The summed E-state index contributed by atoms with van der Waals surface area (Å²) >= 11 is 0. The van der Waals surface area contributed by atoms with E-state index in [9.17, 15) is 10.2 Å². The molecule has 0 aliphatic heterocycles. The summed E-state index contributed by atoms with van der Waals surface area (Å²) in [7, 11) is 0. The summed E-state index contributed by atoms with van der Waals surface area (Å²) in [5.41, 5.74) is 13.5. The van der Waals surface area contributed by atoms with E-state index in [1.54, 1.807) is 49.5 Å². The zero-order valence-electron chi connectivity index (χ0n) is 12.5. The van der Waals surface area contributed by atoms with Gasteiger partial charge < -0.3 is 21.7 Å². The minimum absolute atomic E-state index is 0.00144. The molecule has 0 aliphatic rings. The molecule has 0 radical (unpaired) electrons. The van der Waals surface area contributed by atoms with Gasteiger partial charge in [0.05, 0.1) is 0 Å². The first-order valence-electron chi connectivity index (χ1n) is 6.97. The lowest BCUT2D eigenvalue weighted by atomic mass is 10.1. The molecule has 0 atom stereocenters. The molecule has 6 N–H and O–H groups in total. The molecule has 3 aromatic rings. The van der Waals surface area contributed by atoms with E-state index in [1.165, 1.54) is 0 Å². The predicted molar refractivity (Wildman–Crippen MR) is 91.0 cm³/mol. The number of hydrogen-bond donors (Lipinski definition) is 4. The molecule has 0 fully saturated rings. The van der Waals surface area contributed by atoms with Crippen LogP contribution in [-0.2, 0) is 0 Å². The Labute approximate surface area is 132 Å². The third-order valence-corrected chi connectivity index (χ3v) is 3.62. The van der Waals surface area contributed by atoms with Gasteiger partial charge >= 0.3 is 0 Å². The molecular formula is C17H16N4O2. The standard InChI is InChI=1S/C17H16N4O2/c1-9-6-11(2-3-14(9)22)16(18)21-13-8-12-10(7-15(13)23)4-5-20-17(12)19/h2-8,22-23H,1H3,(H2,18,21)(H2,19,20). The maximum Gasteiger partial charge on any atom is 0.141 e. The second-order valence-corrected chi connectivity index (χ2v) is 5.26. The number of rotatable bonds is 2. The van der Waals surface area contributed by atoms with Crippen molar-refractivity contribution in [2.75, 3.05) is 5.73 Å². The summed E-state index contributed by atoms with van der Waals surface area (Å²) in [6.45, 7) is 1.77. The molecule has 2 aromatic carbocycles. The molecule has 116 valence electrons. The van der Waals surface area contributed by atoms with Crippen molar-refractivity contribution in [1.29, 1.82) is 0 Å². The molecule has 6 nitrogen and oxygen atoms in total. The van der Waals surface area contributed by atoms with Crippen LogP contribution in [0.15, 0.2) is 47.6 Å². The smallest absolute Gasteiger partial charge is 0.141 e. The molecule has 1 heterocycles. The van der Waals surface area contributed by atoms with Gasteiger partial charge in [-0.3, -0.25) is 0 Å². The zero-order valence-corrected chi connectivity index (χ0v) is 12.5. The van der Waals surface area contributed by atoms with Crippen LogP contribution in [0.25, 0.3) is 10.8 Å². The first-order valence-corrected chi connectivity index (χ1v) is 6.97. The second-order valence-electron chi connectivity index (χ2n) is 5.26. The van der Waals surface area contributed by atoms with E-state index in [4.69, 9.17) is 11.5 Å². The maximum atomic E-state index is 10.1. The van der Waals surface area contributed by atoms with Gasteiger partial charge in [0.15, 0.2) is 0 Å². The number of pyridine rings is 1. The van der Waals surface area contributed by atoms with E-state index in [1.807, 2.05) is 0 Å². The number of nitrogens with two attached hydrogens (primary N) is 2. The molecule has 23 heavy (non-hydrogen) atoms. The van der Waals surface area contributed by atoms with Gasteiger partial charge in [0.1, 0.15) is 28.8 Å². The average Bonchev–Trinajstić information content (AvgIpc) is 2.51. The maximum absolute atomic E-state index is 10.1. The lowest BCUT2D eigenvalue weighted by molar-refractivity contribution is 0.471. The Kier molecular flexibility index (Phi) is 3.50. The number of hydrogen-bond acceptors (Lipinski definition) is 5. The van der Waals surface area contributed by atoms with Crippen LogP contribution < -0.4 is 11.5 Å². The molecule has 0 amide bonds. The number of benzene rings is 2. The van der Waals surface area contributed by atoms with E-state index in [0.29, 0.717) is 28.0 Å². The zero-order chi connectivity index (χ0) is 16.6. The average molecular weight is 308 g/mol. The van der Waals surface area contributed by atoms with Crippen molar-refractivity contribution in [3.63, 3.8) is 0 Å². The van der Waals surface area contributed by atoms with Gasteiger partial charge in [0, 0.05) is 17.1 Å². The lowest BCUT2D eigenvalue weighted by Crippen LogP contribution is -2.12. The fraction of sp³-hybridized carbons (Fsp3) is 0.0588.